The van der Waals surface area contributed by atoms with Crippen molar-refractivity contribution in [1.82, 2.24) is 4.90 Å². The molecule has 0 spiro atoms. The van der Waals surface area contributed by atoms with Crippen molar-refractivity contribution in [3.05, 3.63) is 0 Å². The minimum absolute atomic E-state index is 0.393. The third kappa shape index (κ3) is 2.92. The van der Waals surface area contributed by atoms with Crippen LogP contribution >= 0.6 is 0 Å². The van der Waals surface area contributed by atoms with Crippen LogP contribution in [0.5, 0.6) is 0 Å². The molecule has 2 aliphatic rings. The molecule has 1 saturated carbocycles. The molecule has 1 aliphatic carbocycles. The van der Waals surface area contributed by atoms with E-state index in [0.717, 1.165) is 26.1 Å². The largest absolute Gasteiger partial charge is 0.389 e. The first kappa shape index (κ1) is 11.4. The molecule has 3 N–H and O–H groups in total. The zero-order chi connectivity index (χ0) is 10.9. The van der Waals surface area contributed by atoms with Gasteiger partial charge in [0.15, 0.2) is 0 Å². The Hall–Kier alpha value is -0.120. The van der Waals surface area contributed by atoms with E-state index in [1.54, 1.807) is 0 Å². The van der Waals surface area contributed by atoms with Gasteiger partial charge in [-0.3, -0.25) is 0 Å². The molecule has 3 heteroatoms. The van der Waals surface area contributed by atoms with Gasteiger partial charge in [0.05, 0.1) is 5.60 Å². The van der Waals surface area contributed by atoms with Gasteiger partial charge in [-0.2, -0.15) is 0 Å². The molecule has 0 amide bonds. The van der Waals surface area contributed by atoms with Crippen LogP contribution in [0.3, 0.4) is 0 Å². The fourth-order valence-electron chi connectivity index (χ4n) is 2.99. The third-order valence-electron chi connectivity index (χ3n) is 3.99. The molecule has 88 valence electrons. The maximum Gasteiger partial charge on any atom is 0.0758 e. The summed E-state index contributed by atoms with van der Waals surface area (Å²) >= 11 is 0. The summed E-state index contributed by atoms with van der Waals surface area (Å²) < 4.78 is 0. The van der Waals surface area contributed by atoms with Crippen molar-refractivity contribution in [3.63, 3.8) is 0 Å². The van der Waals surface area contributed by atoms with E-state index in [1.807, 2.05) is 6.92 Å². The second-order valence-electron chi connectivity index (χ2n) is 5.69. The second-order valence-corrected chi connectivity index (χ2v) is 5.69. The van der Waals surface area contributed by atoms with E-state index in [-0.39, 0.29) is 0 Å². The first-order valence-corrected chi connectivity index (χ1v) is 6.27. The maximum absolute atomic E-state index is 9.89. The average Bonchev–Trinajstić information content (AvgIpc) is 2.50. The highest BCUT2D eigenvalue weighted by Crippen LogP contribution is 2.27. The molecule has 2 fully saturated rings. The van der Waals surface area contributed by atoms with Gasteiger partial charge in [0.25, 0.3) is 0 Å². The van der Waals surface area contributed by atoms with Crippen molar-refractivity contribution in [2.45, 2.75) is 50.7 Å². The Kier molecular flexibility index (Phi) is 3.33. The predicted molar refractivity (Wildman–Crippen MR) is 61.6 cm³/mol. The lowest BCUT2D eigenvalue weighted by atomic mass is 9.85. The molecule has 0 aromatic heterocycles. The number of β-amino-alcohol motifs (C(OH)–C–C–N with tert-alkyl or cyclic N) is 1. The quantitative estimate of drug-likeness (QED) is 0.717. The maximum atomic E-state index is 9.89. The van der Waals surface area contributed by atoms with Crippen molar-refractivity contribution in [3.8, 4) is 0 Å². The van der Waals surface area contributed by atoms with Crippen LogP contribution in [0.4, 0.5) is 0 Å². The molecule has 3 atom stereocenters. The highest BCUT2D eigenvalue weighted by atomic mass is 16.3. The lowest BCUT2D eigenvalue weighted by Crippen LogP contribution is -2.41. The van der Waals surface area contributed by atoms with Crippen molar-refractivity contribution >= 4 is 0 Å². The number of hydrogen-bond acceptors (Lipinski definition) is 3. The van der Waals surface area contributed by atoms with Crippen molar-refractivity contribution in [1.29, 1.82) is 0 Å². The van der Waals surface area contributed by atoms with Crippen LogP contribution < -0.4 is 5.73 Å². The lowest BCUT2D eigenvalue weighted by molar-refractivity contribution is 0.0647. The van der Waals surface area contributed by atoms with Crippen molar-refractivity contribution in [2.75, 3.05) is 19.6 Å². The Bertz CT molecular complexity index is 218. The van der Waals surface area contributed by atoms with Crippen molar-refractivity contribution in [2.24, 2.45) is 11.7 Å². The molecule has 3 unspecified atom stereocenters. The molecule has 1 aliphatic heterocycles. The van der Waals surface area contributed by atoms with Gasteiger partial charge in [-0.25, -0.2) is 0 Å². The van der Waals surface area contributed by atoms with Crippen LogP contribution in [-0.4, -0.2) is 41.3 Å². The number of nitrogens with two attached hydrogens (primary N) is 1. The van der Waals surface area contributed by atoms with Gasteiger partial charge < -0.3 is 15.7 Å². The lowest BCUT2D eigenvalue weighted by Gasteiger charge is -2.32. The molecule has 0 radical (unpaired) electrons. The molecule has 3 nitrogen and oxygen atoms in total. The molecular formula is C12H24N2O. The van der Waals surface area contributed by atoms with Gasteiger partial charge in [-0.1, -0.05) is 12.8 Å². The smallest absolute Gasteiger partial charge is 0.0758 e. The molecule has 15 heavy (non-hydrogen) atoms. The van der Waals surface area contributed by atoms with E-state index in [4.69, 9.17) is 5.73 Å². The second kappa shape index (κ2) is 4.40. The van der Waals surface area contributed by atoms with Gasteiger partial charge in [0.2, 0.25) is 0 Å². The summed E-state index contributed by atoms with van der Waals surface area (Å²) in [4.78, 5) is 2.38. The van der Waals surface area contributed by atoms with Crippen LogP contribution in [0.1, 0.15) is 39.0 Å². The SMILES string of the molecule is CC1(O)CCN(CC2CCCCC2N)C1. The van der Waals surface area contributed by atoms with E-state index in [0.29, 0.717) is 12.0 Å². The van der Waals surface area contributed by atoms with E-state index >= 15 is 0 Å². The Morgan fingerprint density at radius 3 is 2.73 bits per heavy atom. The molecule has 1 saturated heterocycles. The third-order valence-corrected chi connectivity index (χ3v) is 3.99. The molecule has 0 aromatic carbocycles. The summed E-state index contributed by atoms with van der Waals surface area (Å²) in [6.07, 6.45) is 6.02. The number of nitrogens with zero attached hydrogens (tertiary/aromatic N) is 1. The minimum Gasteiger partial charge on any atom is -0.389 e. The van der Waals surface area contributed by atoms with E-state index in [1.165, 1.54) is 25.7 Å². The highest BCUT2D eigenvalue weighted by molar-refractivity contribution is 4.89. The highest BCUT2D eigenvalue weighted by Gasteiger charge is 2.33. The summed E-state index contributed by atoms with van der Waals surface area (Å²) in [7, 11) is 0. The first-order chi connectivity index (χ1) is 7.07. The van der Waals surface area contributed by atoms with E-state index < -0.39 is 5.60 Å². The number of aliphatic hydroxyl groups is 1. The van der Waals surface area contributed by atoms with Crippen LogP contribution in [0.15, 0.2) is 0 Å². The number of rotatable bonds is 2. The molecule has 0 aromatic rings. The van der Waals surface area contributed by atoms with Crippen LogP contribution in [-0.2, 0) is 0 Å². The molecule has 1 heterocycles. The zero-order valence-electron chi connectivity index (χ0n) is 9.78. The summed E-state index contributed by atoms with van der Waals surface area (Å²) in [6.45, 7) is 4.90. The summed E-state index contributed by atoms with van der Waals surface area (Å²) in [5.41, 5.74) is 5.68. The van der Waals surface area contributed by atoms with Gasteiger partial charge in [0, 0.05) is 25.7 Å². The summed E-state index contributed by atoms with van der Waals surface area (Å²) in [6, 6.07) is 0.393. The fraction of sp³-hybridized carbons (Fsp3) is 1.00. The fourth-order valence-corrected chi connectivity index (χ4v) is 2.99. The van der Waals surface area contributed by atoms with Crippen LogP contribution in [0.2, 0.25) is 0 Å². The predicted octanol–water partition coefficient (Wildman–Crippen LogP) is 0.961. The van der Waals surface area contributed by atoms with Gasteiger partial charge in [-0.05, 0) is 32.1 Å². The van der Waals surface area contributed by atoms with Gasteiger partial charge in [-0.15, -0.1) is 0 Å². The minimum atomic E-state index is -0.460. The molecule has 0 bridgehead atoms. The average molecular weight is 212 g/mol. The van der Waals surface area contributed by atoms with E-state index in [2.05, 4.69) is 4.90 Å². The topological polar surface area (TPSA) is 49.5 Å². The Morgan fingerprint density at radius 1 is 1.40 bits per heavy atom. The zero-order valence-corrected chi connectivity index (χ0v) is 9.78. The molecule has 2 rings (SSSR count). The summed E-state index contributed by atoms with van der Waals surface area (Å²) in [5, 5.41) is 9.89. The van der Waals surface area contributed by atoms with Crippen molar-refractivity contribution < 1.29 is 5.11 Å². The van der Waals surface area contributed by atoms with Crippen LogP contribution in [0.25, 0.3) is 0 Å². The first-order valence-electron chi connectivity index (χ1n) is 6.27. The summed E-state index contributed by atoms with van der Waals surface area (Å²) in [5.74, 6) is 0.660. The van der Waals surface area contributed by atoms with E-state index in [9.17, 15) is 5.11 Å². The Balaban J connectivity index is 1.81. The Labute approximate surface area is 92.6 Å². The van der Waals surface area contributed by atoms with Gasteiger partial charge in [0.1, 0.15) is 0 Å². The number of hydrogen-bond donors (Lipinski definition) is 2. The number of likely N-dealkylation sites (tertiary alicyclic amines) is 1. The van der Waals surface area contributed by atoms with Gasteiger partial charge >= 0.3 is 0 Å². The monoisotopic (exact) mass is 212 g/mol. The normalized spacial score (nSPS) is 43.4. The standard InChI is InChI=1S/C12H24N2O/c1-12(15)6-7-14(9-12)8-10-4-2-3-5-11(10)13/h10-11,15H,2-9,13H2,1H3. The molecular weight excluding hydrogens is 188 g/mol. The van der Waals surface area contributed by atoms with Crippen LogP contribution in [0, 0.1) is 5.92 Å². The Morgan fingerprint density at radius 2 is 2.13 bits per heavy atom.